The van der Waals surface area contributed by atoms with Crippen molar-refractivity contribution >= 4 is 16.9 Å². The highest BCUT2D eigenvalue weighted by Gasteiger charge is 2.16. The Balaban J connectivity index is 1.69. The summed E-state index contributed by atoms with van der Waals surface area (Å²) in [7, 11) is 0. The lowest BCUT2D eigenvalue weighted by atomic mass is 9.94. The van der Waals surface area contributed by atoms with Gasteiger partial charge in [-0.15, -0.1) is 0 Å². The van der Waals surface area contributed by atoms with Gasteiger partial charge in [0, 0.05) is 12.1 Å². The SMILES string of the molecule is Cc1cc(C)c(C)c(Cn2c(CNC(=O)c3ccc(F)cc3)nc3ccccc32)c1C. The molecule has 1 amide bonds. The Bertz CT molecular complexity index is 1250. The number of nitrogens with zero attached hydrogens (tertiary/aromatic N) is 2. The van der Waals surface area contributed by atoms with Gasteiger partial charge in [0.15, 0.2) is 0 Å². The smallest absolute Gasteiger partial charge is 0.251 e. The number of hydrogen-bond donors (Lipinski definition) is 1. The van der Waals surface area contributed by atoms with Gasteiger partial charge < -0.3 is 9.88 Å². The van der Waals surface area contributed by atoms with E-state index in [0.717, 1.165) is 16.9 Å². The lowest BCUT2D eigenvalue weighted by Gasteiger charge is -2.18. The van der Waals surface area contributed by atoms with Crippen LogP contribution in [0.15, 0.2) is 54.6 Å². The van der Waals surface area contributed by atoms with Crippen LogP contribution in [0.4, 0.5) is 4.39 Å². The number of benzene rings is 3. The maximum Gasteiger partial charge on any atom is 0.251 e. The van der Waals surface area contributed by atoms with Crippen LogP contribution < -0.4 is 5.32 Å². The minimum absolute atomic E-state index is 0.252. The van der Waals surface area contributed by atoms with E-state index in [9.17, 15) is 9.18 Å². The fourth-order valence-corrected chi connectivity index (χ4v) is 3.99. The second kappa shape index (κ2) is 8.34. The van der Waals surface area contributed by atoms with Crippen LogP contribution in [-0.4, -0.2) is 15.5 Å². The van der Waals surface area contributed by atoms with Gasteiger partial charge in [-0.05, 0) is 91.9 Å². The molecule has 4 rings (SSSR count). The molecule has 0 radical (unpaired) electrons. The number of carbonyl (C=O) groups is 1. The summed E-state index contributed by atoms with van der Waals surface area (Å²) in [6, 6.07) is 15.8. The van der Waals surface area contributed by atoms with Crippen molar-refractivity contribution in [2.45, 2.75) is 40.8 Å². The number of carbonyl (C=O) groups excluding carboxylic acids is 1. The number of aromatic nitrogens is 2. The van der Waals surface area contributed by atoms with Crippen LogP contribution in [0.2, 0.25) is 0 Å². The van der Waals surface area contributed by atoms with Gasteiger partial charge in [-0.2, -0.15) is 0 Å². The van der Waals surface area contributed by atoms with Crippen LogP contribution in [0.3, 0.4) is 0 Å². The Hall–Kier alpha value is -3.47. The number of halogens is 1. The molecule has 0 bridgehead atoms. The van der Waals surface area contributed by atoms with Crippen LogP contribution in [0, 0.1) is 33.5 Å². The summed E-state index contributed by atoms with van der Waals surface area (Å²) in [5.41, 5.74) is 8.74. The highest BCUT2D eigenvalue weighted by molar-refractivity contribution is 5.94. The molecule has 0 aliphatic rings. The topological polar surface area (TPSA) is 46.9 Å². The van der Waals surface area contributed by atoms with Crippen molar-refractivity contribution in [2.24, 2.45) is 0 Å². The fraction of sp³-hybridized carbons (Fsp3) is 0.231. The Labute approximate surface area is 181 Å². The van der Waals surface area contributed by atoms with Crippen molar-refractivity contribution < 1.29 is 9.18 Å². The molecular formula is C26H26FN3O. The van der Waals surface area contributed by atoms with Gasteiger partial charge in [0.25, 0.3) is 5.91 Å². The zero-order chi connectivity index (χ0) is 22.1. The van der Waals surface area contributed by atoms with Crippen molar-refractivity contribution in [1.29, 1.82) is 0 Å². The Morgan fingerprint density at radius 2 is 1.61 bits per heavy atom. The molecule has 0 saturated carbocycles. The number of amides is 1. The van der Waals surface area contributed by atoms with Crippen LogP contribution in [0.5, 0.6) is 0 Å². The summed E-state index contributed by atoms with van der Waals surface area (Å²) in [5, 5.41) is 2.93. The second-order valence-corrected chi connectivity index (χ2v) is 8.03. The molecule has 4 nitrogen and oxygen atoms in total. The minimum Gasteiger partial charge on any atom is -0.345 e. The average molecular weight is 416 g/mol. The van der Waals surface area contributed by atoms with E-state index in [1.54, 1.807) is 0 Å². The quantitative estimate of drug-likeness (QED) is 0.475. The summed E-state index contributed by atoms with van der Waals surface area (Å²) in [4.78, 5) is 17.3. The number of para-hydroxylation sites is 2. The number of aryl methyl sites for hydroxylation is 2. The van der Waals surface area contributed by atoms with E-state index >= 15 is 0 Å². The van der Waals surface area contributed by atoms with Crippen LogP contribution in [0.25, 0.3) is 11.0 Å². The first-order chi connectivity index (χ1) is 14.8. The molecule has 0 unspecified atom stereocenters. The summed E-state index contributed by atoms with van der Waals surface area (Å²) in [5.74, 6) is 0.171. The maximum atomic E-state index is 13.2. The molecule has 0 aliphatic heterocycles. The number of imidazole rings is 1. The van der Waals surface area contributed by atoms with Gasteiger partial charge in [0.1, 0.15) is 11.6 Å². The van der Waals surface area contributed by atoms with E-state index in [4.69, 9.17) is 4.98 Å². The van der Waals surface area contributed by atoms with Gasteiger partial charge in [0.05, 0.1) is 17.6 Å². The lowest BCUT2D eigenvalue weighted by Crippen LogP contribution is -2.25. The number of fused-ring (bicyclic) bond motifs is 1. The summed E-state index contributed by atoms with van der Waals surface area (Å²) in [6.45, 7) is 9.57. The molecular weight excluding hydrogens is 389 g/mol. The maximum absolute atomic E-state index is 13.2. The molecule has 1 aromatic heterocycles. The van der Waals surface area contributed by atoms with E-state index in [1.165, 1.54) is 52.1 Å². The first-order valence-electron chi connectivity index (χ1n) is 10.4. The third-order valence-electron chi connectivity index (χ3n) is 6.08. The standard InChI is InChI=1S/C26H26FN3O/c1-16-13-17(2)19(4)22(18(16)3)15-30-24-8-6-5-7-23(24)29-25(30)14-28-26(31)20-9-11-21(27)12-10-20/h5-13H,14-15H2,1-4H3,(H,28,31). The predicted molar refractivity (Wildman–Crippen MR) is 122 cm³/mol. The summed E-state index contributed by atoms with van der Waals surface area (Å²) in [6.07, 6.45) is 0. The molecule has 31 heavy (non-hydrogen) atoms. The molecule has 158 valence electrons. The predicted octanol–water partition coefficient (Wildman–Crippen LogP) is 5.39. The average Bonchev–Trinajstić information content (AvgIpc) is 3.11. The molecule has 1 N–H and O–H groups in total. The van der Waals surface area contributed by atoms with Crippen molar-refractivity contribution in [3.05, 3.63) is 99.6 Å². The van der Waals surface area contributed by atoms with Gasteiger partial charge in [-0.25, -0.2) is 9.37 Å². The van der Waals surface area contributed by atoms with E-state index in [-0.39, 0.29) is 18.3 Å². The molecule has 0 aliphatic carbocycles. The highest BCUT2D eigenvalue weighted by atomic mass is 19.1. The van der Waals surface area contributed by atoms with Crippen LogP contribution in [-0.2, 0) is 13.1 Å². The first-order valence-corrected chi connectivity index (χ1v) is 10.4. The van der Waals surface area contributed by atoms with Crippen molar-refractivity contribution in [3.8, 4) is 0 Å². The van der Waals surface area contributed by atoms with Crippen LogP contribution in [0.1, 0.15) is 44.0 Å². The fourth-order valence-electron chi connectivity index (χ4n) is 3.99. The minimum atomic E-state index is -0.363. The third-order valence-corrected chi connectivity index (χ3v) is 6.08. The number of hydrogen-bond acceptors (Lipinski definition) is 2. The van der Waals surface area contributed by atoms with Crippen molar-refractivity contribution in [1.82, 2.24) is 14.9 Å². The first kappa shape index (κ1) is 20.8. The number of rotatable bonds is 5. The molecule has 0 fully saturated rings. The van der Waals surface area contributed by atoms with Gasteiger partial charge in [0.2, 0.25) is 0 Å². The molecule has 0 atom stereocenters. The molecule has 1 heterocycles. The van der Waals surface area contributed by atoms with Crippen LogP contribution >= 0.6 is 0 Å². The van der Waals surface area contributed by atoms with Crippen molar-refractivity contribution in [2.75, 3.05) is 0 Å². The van der Waals surface area contributed by atoms with Gasteiger partial charge in [-0.3, -0.25) is 4.79 Å². The van der Waals surface area contributed by atoms with Crippen molar-refractivity contribution in [3.63, 3.8) is 0 Å². The van der Waals surface area contributed by atoms with E-state index in [2.05, 4.69) is 49.7 Å². The molecule has 0 saturated heterocycles. The van der Waals surface area contributed by atoms with E-state index in [1.807, 2.05) is 18.2 Å². The lowest BCUT2D eigenvalue weighted by molar-refractivity contribution is 0.0949. The largest absolute Gasteiger partial charge is 0.345 e. The Kier molecular flexibility index (Phi) is 5.59. The van der Waals surface area contributed by atoms with Gasteiger partial charge in [-0.1, -0.05) is 18.2 Å². The molecule has 4 aromatic rings. The zero-order valence-corrected chi connectivity index (χ0v) is 18.3. The van der Waals surface area contributed by atoms with E-state index in [0.29, 0.717) is 12.1 Å². The normalized spacial score (nSPS) is 11.1. The van der Waals surface area contributed by atoms with Gasteiger partial charge >= 0.3 is 0 Å². The number of nitrogens with one attached hydrogen (secondary N) is 1. The summed E-state index contributed by atoms with van der Waals surface area (Å²) >= 11 is 0. The Morgan fingerprint density at radius 3 is 2.29 bits per heavy atom. The molecule has 3 aromatic carbocycles. The second-order valence-electron chi connectivity index (χ2n) is 8.03. The highest BCUT2D eigenvalue weighted by Crippen LogP contribution is 2.25. The Morgan fingerprint density at radius 1 is 0.968 bits per heavy atom. The monoisotopic (exact) mass is 415 g/mol. The zero-order valence-electron chi connectivity index (χ0n) is 18.3. The third kappa shape index (κ3) is 4.08. The summed E-state index contributed by atoms with van der Waals surface area (Å²) < 4.78 is 15.3. The molecule has 5 heteroatoms. The van der Waals surface area contributed by atoms with E-state index < -0.39 is 0 Å². The molecule has 0 spiro atoms.